The number of benzene rings is 1. The second-order valence-electron chi connectivity index (χ2n) is 7.14. The van der Waals surface area contributed by atoms with Crippen LogP contribution in [0.5, 0.6) is 0 Å². The van der Waals surface area contributed by atoms with Crippen molar-refractivity contribution in [3.63, 3.8) is 0 Å². The molecule has 1 aliphatic heterocycles. The van der Waals surface area contributed by atoms with Crippen LogP contribution in [-0.4, -0.2) is 36.0 Å². The maximum Gasteiger partial charge on any atom is 0.309 e. The molecule has 3 rings (SSSR count). The molecule has 1 saturated carbocycles. The third-order valence-electron chi connectivity index (χ3n) is 5.47. The number of esters is 1. The number of likely N-dealkylation sites (tertiary alicyclic amines) is 1. The lowest BCUT2D eigenvalue weighted by molar-refractivity contribution is -0.158. The molecule has 1 aromatic carbocycles. The summed E-state index contributed by atoms with van der Waals surface area (Å²) in [5.74, 6) is 0.441. The highest BCUT2D eigenvalue weighted by Crippen LogP contribution is 2.32. The van der Waals surface area contributed by atoms with Gasteiger partial charge in [-0.05, 0) is 50.0 Å². The lowest BCUT2D eigenvalue weighted by Gasteiger charge is -2.31. The number of piperidine rings is 1. The van der Waals surface area contributed by atoms with Gasteiger partial charge in [-0.15, -0.1) is 0 Å². The van der Waals surface area contributed by atoms with Gasteiger partial charge in [-0.25, -0.2) is 0 Å². The van der Waals surface area contributed by atoms with Gasteiger partial charge in [-0.2, -0.15) is 0 Å². The molecule has 4 heteroatoms. The van der Waals surface area contributed by atoms with Crippen LogP contribution in [0.2, 0.25) is 0 Å². The SMILES string of the molecule is CC(=O)N1CCC(C(=O)O[C@@H]2CCC[C@H]2Cc2ccccc2)CC1. The van der Waals surface area contributed by atoms with E-state index in [4.69, 9.17) is 4.74 Å². The first-order chi connectivity index (χ1) is 11.6. The fourth-order valence-corrected chi connectivity index (χ4v) is 3.98. The zero-order valence-electron chi connectivity index (χ0n) is 14.4. The minimum atomic E-state index is -0.0526. The molecule has 1 saturated heterocycles. The Balaban J connectivity index is 1.51. The van der Waals surface area contributed by atoms with E-state index in [9.17, 15) is 9.59 Å². The predicted octanol–water partition coefficient (Wildman–Crippen LogP) is 3.20. The average molecular weight is 329 g/mol. The van der Waals surface area contributed by atoms with Crippen molar-refractivity contribution >= 4 is 11.9 Å². The summed E-state index contributed by atoms with van der Waals surface area (Å²) in [6, 6.07) is 10.5. The molecule has 1 heterocycles. The van der Waals surface area contributed by atoms with Gasteiger partial charge in [-0.3, -0.25) is 9.59 Å². The lowest BCUT2D eigenvalue weighted by Crippen LogP contribution is -2.40. The molecular formula is C20H27NO3. The highest BCUT2D eigenvalue weighted by atomic mass is 16.5. The summed E-state index contributed by atoms with van der Waals surface area (Å²) in [7, 11) is 0. The number of carbonyl (C=O) groups is 2. The summed E-state index contributed by atoms with van der Waals surface area (Å²) in [5, 5.41) is 0. The Kier molecular flexibility index (Phi) is 5.54. The lowest BCUT2D eigenvalue weighted by atomic mass is 9.95. The van der Waals surface area contributed by atoms with E-state index in [-0.39, 0.29) is 23.9 Å². The van der Waals surface area contributed by atoms with Crippen molar-refractivity contribution in [3.8, 4) is 0 Å². The van der Waals surface area contributed by atoms with Gasteiger partial charge in [0, 0.05) is 20.0 Å². The van der Waals surface area contributed by atoms with Gasteiger partial charge in [-0.1, -0.05) is 30.3 Å². The molecule has 4 nitrogen and oxygen atoms in total. The monoisotopic (exact) mass is 329 g/mol. The first-order valence-electron chi connectivity index (χ1n) is 9.13. The van der Waals surface area contributed by atoms with Gasteiger partial charge in [0.2, 0.25) is 5.91 Å². The van der Waals surface area contributed by atoms with Crippen molar-refractivity contribution in [3.05, 3.63) is 35.9 Å². The Labute approximate surface area is 144 Å². The van der Waals surface area contributed by atoms with Crippen LogP contribution in [-0.2, 0) is 20.7 Å². The Morgan fingerprint density at radius 1 is 1.08 bits per heavy atom. The zero-order chi connectivity index (χ0) is 16.9. The number of hydrogen-bond acceptors (Lipinski definition) is 3. The molecule has 1 aromatic rings. The summed E-state index contributed by atoms with van der Waals surface area (Å²) >= 11 is 0. The third kappa shape index (κ3) is 4.16. The highest BCUT2D eigenvalue weighted by molar-refractivity contribution is 5.75. The summed E-state index contributed by atoms with van der Waals surface area (Å²) < 4.78 is 5.89. The van der Waals surface area contributed by atoms with Crippen molar-refractivity contribution in [1.82, 2.24) is 4.90 Å². The number of ether oxygens (including phenoxy) is 1. The van der Waals surface area contributed by atoms with E-state index in [0.29, 0.717) is 19.0 Å². The van der Waals surface area contributed by atoms with Gasteiger partial charge >= 0.3 is 5.97 Å². The molecule has 0 bridgehead atoms. The fourth-order valence-electron chi connectivity index (χ4n) is 3.98. The van der Waals surface area contributed by atoms with Crippen LogP contribution in [0.3, 0.4) is 0 Å². The Bertz CT molecular complexity index is 564. The van der Waals surface area contributed by atoms with Crippen molar-refractivity contribution in [2.75, 3.05) is 13.1 Å². The predicted molar refractivity (Wildman–Crippen MR) is 92.3 cm³/mol. The third-order valence-corrected chi connectivity index (χ3v) is 5.47. The summed E-state index contributed by atoms with van der Waals surface area (Å²) in [4.78, 5) is 25.7. The van der Waals surface area contributed by atoms with Crippen LogP contribution in [0, 0.1) is 11.8 Å². The van der Waals surface area contributed by atoms with Crippen molar-refractivity contribution in [2.45, 2.75) is 51.6 Å². The topological polar surface area (TPSA) is 46.6 Å². The van der Waals surface area contributed by atoms with Crippen molar-refractivity contribution < 1.29 is 14.3 Å². The van der Waals surface area contributed by atoms with Crippen molar-refractivity contribution in [1.29, 1.82) is 0 Å². The molecule has 2 atom stereocenters. The van der Waals surface area contributed by atoms with E-state index in [1.807, 2.05) is 11.0 Å². The van der Waals surface area contributed by atoms with E-state index in [2.05, 4.69) is 24.3 Å². The van der Waals surface area contributed by atoms with Gasteiger partial charge in [0.05, 0.1) is 5.92 Å². The molecule has 0 radical (unpaired) electrons. The molecule has 0 spiro atoms. The van der Waals surface area contributed by atoms with Crippen LogP contribution in [0.1, 0.15) is 44.6 Å². The van der Waals surface area contributed by atoms with E-state index in [1.54, 1.807) is 6.92 Å². The molecule has 1 aliphatic carbocycles. The van der Waals surface area contributed by atoms with Gasteiger partial charge in [0.25, 0.3) is 0 Å². The van der Waals surface area contributed by atoms with Gasteiger partial charge in [0.15, 0.2) is 0 Å². The molecule has 2 fully saturated rings. The second-order valence-corrected chi connectivity index (χ2v) is 7.14. The summed E-state index contributed by atoms with van der Waals surface area (Å²) in [6.07, 6.45) is 5.76. The molecule has 0 aromatic heterocycles. The molecule has 2 aliphatic rings. The van der Waals surface area contributed by atoms with Crippen LogP contribution >= 0.6 is 0 Å². The van der Waals surface area contributed by atoms with Gasteiger partial charge in [0.1, 0.15) is 6.10 Å². The normalized spacial score (nSPS) is 24.8. The molecule has 0 unspecified atom stereocenters. The maximum atomic E-state index is 12.5. The standard InChI is InChI=1S/C20H27NO3/c1-15(22)21-12-10-17(11-13-21)20(23)24-19-9-5-8-18(19)14-16-6-3-2-4-7-16/h2-4,6-7,17-19H,5,8-14H2,1H3/t18-,19+/m0/s1. The van der Waals surface area contributed by atoms with Gasteiger partial charge < -0.3 is 9.64 Å². The molecule has 0 N–H and O–H groups in total. The number of hydrogen-bond donors (Lipinski definition) is 0. The van der Waals surface area contributed by atoms with E-state index in [1.165, 1.54) is 5.56 Å². The molecule has 130 valence electrons. The van der Waals surface area contributed by atoms with Crippen molar-refractivity contribution in [2.24, 2.45) is 11.8 Å². The molecule has 24 heavy (non-hydrogen) atoms. The van der Waals surface area contributed by atoms with Crippen LogP contribution in [0.15, 0.2) is 30.3 Å². The highest BCUT2D eigenvalue weighted by Gasteiger charge is 2.34. The Morgan fingerprint density at radius 2 is 1.79 bits per heavy atom. The average Bonchev–Trinajstić information content (AvgIpc) is 3.02. The minimum absolute atomic E-state index is 0.0430. The quantitative estimate of drug-likeness (QED) is 0.797. The second kappa shape index (κ2) is 7.82. The van der Waals surface area contributed by atoms with E-state index < -0.39 is 0 Å². The Hall–Kier alpha value is -1.84. The Morgan fingerprint density at radius 3 is 2.46 bits per heavy atom. The fraction of sp³-hybridized carbons (Fsp3) is 0.600. The minimum Gasteiger partial charge on any atom is -0.462 e. The summed E-state index contributed by atoms with van der Waals surface area (Å²) in [6.45, 7) is 2.94. The first kappa shape index (κ1) is 17.0. The smallest absolute Gasteiger partial charge is 0.309 e. The number of nitrogens with zero attached hydrogens (tertiary/aromatic N) is 1. The largest absolute Gasteiger partial charge is 0.462 e. The van der Waals surface area contributed by atoms with Crippen LogP contribution in [0.25, 0.3) is 0 Å². The number of rotatable bonds is 4. The van der Waals surface area contributed by atoms with E-state index in [0.717, 1.165) is 38.5 Å². The summed E-state index contributed by atoms with van der Waals surface area (Å²) in [5.41, 5.74) is 1.32. The molecular weight excluding hydrogens is 302 g/mol. The van der Waals surface area contributed by atoms with E-state index >= 15 is 0 Å². The number of carbonyl (C=O) groups excluding carboxylic acids is 2. The zero-order valence-corrected chi connectivity index (χ0v) is 14.4. The number of amides is 1. The first-order valence-corrected chi connectivity index (χ1v) is 9.13. The molecule has 1 amide bonds. The van der Waals surface area contributed by atoms with Crippen LogP contribution < -0.4 is 0 Å². The van der Waals surface area contributed by atoms with Crippen LogP contribution in [0.4, 0.5) is 0 Å². The maximum absolute atomic E-state index is 12.5.